The van der Waals surface area contributed by atoms with Crippen LogP contribution in [0.2, 0.25) is 0 Å². The Morgan fingerprint density at radius 2 is 0.977 bits per heavy atom. The standard InChI is InChI=1S/C40H49O2P/c1-27-39(8,9)30-19-23-35(33(25-30)37(2,3)4)41-43(32-21-17-29(18-22-32)28-15-13-12-14-16-28)42-36-24-20-31(40(27,10)11)26-34(36)38(5,6)7/h12-27H,1-11H3. The zero-order chi connectivity index (χ0) is 31.4. The molecule has 0 saturated carbocycles. The number of benzene rings is 4. The first-order valence-electron chi connectivity index (χ1n) is 15.6. The second-order valence-corrected chi connectivity index (χ2v) is 16.8. The van der Waals surface area contributed by atoms with Crippen LogP contribution in [0.5, 0.6) is 11.5 Å². The molecule has 226 valence electrons. The summed E-state index contributed by atoms with van der Waals surface area (Å²) in [4.78, 5) is 0. The highest BCUT2D eigenvalue weighted by atomic mass is 31.2. The Kier molecular flexibility index (Phi) is 8.11. The van der Waals surface area contributed by atoms with Gasteiger partial charge in [0.2, 0.25) is 0 Å². The van der Waals surface area contributed by atoms with E-state index in [0.29, 0.717) is 5.92 Å². The summed E-state index contributed by atoms with van der Waals surface area (Å²) >= 11 is 0. The van der Waals surface area contributed by atoms with Crippen molar-refractivity contribution >= 4 is 13.7 Å². The normalized spacial score (nSPS) is 19.8. The highest BCUT2D eigenvalue weighted by molar-refractivity contribution is 7.56. The lowest BCUT2D eigenvalue weighted by atomic mass is 9.60. The number of hydrogen-bond acceptors (Lipinski definition) is 2. The zero-order valence-electron chi connectivity index (χ0n) is 28.0. The first kappa shape index (κ1) is 31.3. The molecule has 4 aromatic rings. The third-order valence-corrected chi connectivity index (χ3v) is 11.2. The highest BCUT2D eigenvalue weighted by Crippen LogP contribution is 2.51. The second-order valence-electron chi connectivity index (χ2n) is 15.4. The fraction of sp³-hybridized carbons (Fsp3) is 0.400. The van der Waals surface area contributed by atoms with E-state index in [0.717, 1.165) is 16.8 Å². The molecule has 4 bridgehead atoms. The Morgan fingerprint density at radius 3 is 1.40 bits per heavy atom. The van der Waals surface area contributed by atoms with Gasteiger partial charge in [0.05, 0.1) is 5.30 Å². The van der Waals surface area contributed by atoms with Gasteiger partial charge in [-0.05, 0) is 74.1 Å². The van der Waals surface area contributed by atoms with Crippen LogP contribution < -0.4 is 14.4 Å². The van der Waals surface area contributed by atoms with Crippen molar-refractivity contribution in [3.05, 3.63) is 113 Å². The van der Waals surface area contributed by atoms with E-state index in [2.05, 4.69) is 167 Å². The van der Waals surface area contributed by atoms with Gasteiger partial charge in [-0.25, -0.2) is 0 Å². The maximum atomic E-state index is 7.00. The predicted octanol–water partition coefficient (Wildman–Crippen LogP) is 11.2. The molecular formula is C40H49O2P. The molecule has 4 aliphatic rings. The number of hydrogen-bond donors (Lipinski definition) is 0. The minimum absolute atomic E-state index is 0.0682. The van der Waals surface area contributed by atoms with Crippen LogP contribution in [0, 0.1) is 5.92 Å². The van der Waals surface area contributed by atoms with Crippen molar-refractivity contribution in [3.8, 4) is 22.6 Å². The van der Waals surface area contributed by atoms with E-state index < -0.39 is 8.38 Å². The third kappa shape index (κ3) is 6.14. The lowest BCUT2D eigenvalue weighted by molar-refractivity contribution is 0.221. The van der Waals surface area contributed by atoms with E-state index in [4.69, 9.17) is 9.05 Å². The molecule has 0 fully saturated rings. The van der Waals surface area contributed by atoms with E-state index in [1.54, 1.807) is 0 Å². The molecule has 8 rings (SSSR count). The Morgan fingerprint density at radius 1 is 0.558 bits per heavy atom. The molecule has 4 heterocycles. The smallest absolute Gasteiger partial charge is 0.326 e. The molecule has 0 N–H and O–H groups in total. The van der Waals surface area contributed by atoms with E-state index in [1.165, 1.54) is 33.4 Å². The Bertz CT molecular complexity index is 1510. The van der Waals surface area contributed by atoms with Crippen molar-refractivity contribution in [1.82, 2.24) is 0 Å². The van der Waals surface area contributed by atoms with Crippen LogP contribution >= 0.6 is 8.38 Å². The van der Waals surface area contributed by atoms with Crippen LogP contribution in [-0.2, 0) is 21.7 Å². The summed E-state index contributed by atoms with van der Waals surface area (Å²) in [6, 6.07) is 32.9. The van der Waals surface area contributed by atoms with E-state index in [9.17, 15) is 0 Å². The second kappa shape index (κ2) is 11.1. The van der Waals surface area contributed by atoms with Crippen molar-refractivity contribution < 1.29 is 9.05 Å². The van der Waals surface area contributed by atoms with Gasteiger partial charge in [-0.15, -0.1) is 0 Å². The average molecular weight is 593 g/mol. The van der Waals surface area contributed by atoms with Gasteiger partial charge in [-0.3, -0.25) is 0 Å². The molecule has 3 heteroatoms. The van der Waals surface area contributed by atoms with Crippen LogP contribution in [-0.4, -0.2) is 0 Å². The quantitative estimate of drug-likeness (QED) is 0.216. The minimum Gasteiger partial charge on any atom is -0.435 e. The Labute approximate surface area is 261 Å². The summed E-state index contributed by atoms with van der Waals surface area (Å²) in [6.07, 6.45) is 0. The van der Waals surface area contributed by atoms with Crippen LogP contribution in [0.4, 0.5) is 0 Å². The van der Waals surface area contributed by atoms with Crippen LogP contribution in [0.25, 0.3) is 11.1 Å². The number of rotatable bonds is 2. The lowest BCUT2D eigenvalue weighted by Crippen LogP contribution is -2.40. The maximum Gasteiger partial charge on any atom is 0.326 e. The fourth-order valence-electron chi connectivity index (χ4n) is 6.30. The van der Waals surface area contributed by atoms with Crippen molar-refractivity contribution in [2.75, 3.05) is 0 Å². The molecule has 4 aromatic carbocycles. The summed E-state index contributed by atoms with van der Waals surface area (Å²) < 4.78 is 14.0. The van der Waals surface area contributed by atoms with Gasteiger partial charge in [0, 0.05) is 11.1 Å². The van der Waals surface area contributed by atoms with E-state index in [-0.39, 0.29) is 21.7 Å². The van der Waals surface area contributed by atoms with Gasteiger partial charge in [0.25, 0.3) is 0 Å². The Hall–Kier alpha value is -3.09. The Balaban J connectivity index is 1.73. The molecule has 0 radical (unpaired) electrons. The van der Waals surface area contributed by atoms with Gasteiger partial charge in [0.1, 0.15) is 11.5 Å². The van der Waals surface area contributed by atoms with Crippen LogP contribution in [0.15, 0.2) is 91.0 Å². The fourth-order valence-corrected chi connectivity index (χ4v) is 7.62. The largest absolute Gasteiger partial charge is 0.435 e. The minimum atomic E-state index is -1.48. The molecule has 0 atom stereocenters. The van der Waals surface area contributed by atoms with Gasteiger partial charge < -0.3 is 9.05 Å². The van der Waals surface area contributed by atoms with E-state index in [1.807, 2.05) is 0 Å². The molecule has 0 aromatic heterocycles. The SMILES string of the molecule is CC1C(C)(C)c2ccc(c(C(C)(C)C)c2)OP(c2ccc(-c3ccccc3)cc2)Oc2ccc(cc2C(C)(C)C)C1(C)C. The topological polar surface area (TPSA) is 18.5 Å². The molecule has 0 spiro atoms. The summed E-state index contributed by atoms with van der Waals surface area (Å²) in [6.45, 7) is 25.7. The van der Waals surface area contributed by atoms with Gasteiger partial charge in [0.15, 0.2) is 0 Å². The molecule has 2 nitrogen and oxygen atoms in total. The first-order valence-corrected chi connectivity index (χ1v) is 16.8. The molecule has 0 unspecified atom stereocenters. The third-order valence-electron chi connectivity index (χ3n) is 9.78. The molecule has 43 heavy (non-hydrogen) atoms. The predicted molar refractivity (Wildman–Crippen MR) is 185 cm³/mol. The summed E-state index contributed by atoms with van der Waals surface area (Å²) in [5, 5.41) is 1.05. The molecular weight excluding hydrogens is 543 g/mol. The maximum absolute atomic E-state index is 7.00. The summed E-state index contributed by atoms with van der Waals surface area (Å²) in [5.41, 5.74) is 7.14. The molecule has 0 aliphatic carbocycles. The monoisotopic (exact) mass is 592 g/mol. The van der Waals surface area contributed by atoms with Crippen molar-refractivity contribution in [3.63, 3.8) is 0 Å². The first-order chi connectivity index (χ1) is 20.0. The van der Waals surface area contributed by atoms with Gasteiger partial charge in [-0.1, -0.05) is 143 Å². The van der Waals surface area contributed by atoms with Crippen LogP contribution in [0.3, 0.4) is 0 Å². The van der Waals surface area contributed by atoms with Crippen molar-refractivity contribution in [2.45, 2.75) is 97.8 Å². The molecule has 4 aliphatic heterocycles. The highest BCUT2D eigenvalue weighted by Gasteiger charge is 2.41. The summed E-state index contributed by atoms with van der Waals surface area (Å²) in [7, 11) is -1.48. The van der Waals surface area contributed by atoms with Gasteiger partial charge >= 0.3 is 8.38 Å². The van der Waals surface area contributed by atoms with Crippen molar-refractivity contribution in [1.29, 1.82) is 0 Å². The summed E-state index contributed by atoms with van der Waals surface area (Å²) in [5.74, 6) is 2.15. The average Bonchev–Trinajstić information content (AvgIpc) is 2.95. The lowest BCUT2D eigenvalue weighted by Gasteiger charge is -2.44. The van der Waals surface area contributed by atoms with Gasteiger partial charge in [-0.2, -0.15) is 0 Å². The molecule has 0 saturated heterocycles. The zero-order valence-corrected chi connectivity index (χ0v) is 28.9. The van der Waals surface area contributed by atoms with E-state index >= 15 is 0 Å². The van der Waals surface area contributed by atoms with Crippen LogP contribution in [0.1, 0.15) is 98.4 Å². The van der Waals surface area contributed by atoms with Crippen molar-refractivity contribution in [2.24, 2.45) is 5.92 Å². The molecule has 0 amide bonds.